The fraction of sp³-hybridized carbons (Fsp3) is 0. The lowest BCUT2D eigenvalue weighted by molar-refractivity contribution is 0.581. The first-order valence-electron chi connectivity index (χ1n) is 5.38. The summed E-state index contributed by atoms with van der Waals surface area (Å²) in [5, 5.41) is 4.60. The maximum atomic E-state index is 12.5. The molecule has 0 saturated carbocycles. The highest BCUT2D eigenvalue weighted by atomic mass is 79.9. The fourth-order valence-corrected chi connectivity index (χ4v) is 3.51. The van der Waals surface area contributed by atoms with E-state index < -0.39 is 10.0 Å². The van der Waals surface area contributed by atoms with Crippen LogP contribution in [-0.4, -0.2) is 22.6 Å². The van der Waals surface area contributed by atoms with E-state index in [2.05, 4.69) is 26.0 Å². The molecule has 7 heteroatoms. The van der Waals surface area contributed by atoms with Gasteiger partial charge in [0.15, 0.2) is 0 Å². The van der Waals surface area contributed by atoms with Gasteiger partial charge >= 0.3 is 0 Å². The first-order chi connectivity index (χ1) is 9.09. The van der Waals surface area contributed by atoms with Gasteiger partial charge in [-0.1, -0.05) is 18.2 Å². The van der Waals surface area contributed by atoms with Crippen molar-refractivity contribution in [3.05, 3.63) is 53.4 Å². The molecule has 3 aromatic rings. The number of pyridine rings is 1. The number of para-hydroxylation sites is 1. The van der Waals surface area contributed by atoms with Crippen LogP contribution in [0.25, 0.3) is 10.9 Å². The molecule has 0 unspecified atom stereocenters. The van der Waals surface area contributed by atoms with E-state index >= 15 is 0 Å². The van der Waals surface area contributed by atoms with E-state index in [0.29, 0.717) is 9.99 Å². The van der Waals surface area contributed by atoms with E-state index in [9.17, 15) is 8.42 Å². The highest BCUT2D eigenvalue weighted by Gasteiger charge is 2.21. The number of hydrogen-bond acceptors (Lipinski definition) is 4. The van der Waals surface area contributed by atoms with Crippen LogP contribution in [0.5, 0.6) is 0 Å². The predicted molar refractivity (Wildman–Crippen MR) is 74.3 cm³/mol. The zero-order valence-electron chi connectivity index (χ0n) is 9.56. The number of fused-ring (bicyclic) bond motifs is 1. The summed E-state index contributed by atoms with van der Waals surface area (Å²) in [7, 11) is -3.73. The van der Waals surface area contributed by atoms with Gasteiger partial charge in [-0.05, 0) is 28.1 Å². The summed E-state index contributed by atoms with van der Waals surface area (Å²) in [4.78, 5) is 4.29. The average molecular weight is 338 g/mol. The third-order valence-corrected chi connectivity index (χ3v) is 4.64. The van der Waals surface area contributed by atoms with Gasteiger partial charge in [0.25, 0.3) is 10.0 Å². The Morgan fingerprint density at radius 1 is 1.16 bits per heavy atom. The summed E-state index contributed by atoms with van der Waals surface area (Å²) in [6, 6.07) is 8.62. The molecule has 3 rings (SSSR count). The second kappa shape index (κ2) is 4.43. The molecule has 19 heavy (non-hydrogen) atoms. The van der Waals surface area contributed by atoms with Crippen LogP contribution in [0, 0.1) is 0 Å². The van der Waals surface area contributed by atoms with Crippen molar-refractivity contribution in [2.75, 3.05) is 0 Å². The minimum Gasteiger partial charge on any atom is -0.255 e. The van der Waals surface area contributed by atoms with Crippen LogP contribution >= 0.6 is 15.9 Å². The van der Waals surface area contributed by atoms with Crippen LogP contribution in [-0.2, 0) is 10.0 Å². The number of aromatic nitrogens is 3. The lowest BCUT2D eigenvalue weighted by atomic mass is 10.2. The van der Waals surface area contributed by atoms with Crippen LogP contribution < -0.4 is 0 Å². The molecular weight excluding hydrogens is 330 g/mol. The topological polar surface area (TPSA) is 64.8 Å². The SMILES string of the molecule is O=S(=O)(c1cccc2cccnc12)n1cc(Br)cn1. The number of benzene rings is 1. The maximum absolute atomic E-state index is 12.5. The standard InChI is InChI=1S/C12H8BrN3O2S/c13-10-7-15-16(8-10)19(17,18)11-5-1-3-9-4-2-6-14-12(9)11/h1-8H. The average Bonchev–Trinajstić information content (AvgIpc) is 2.85. The Morgan fingerprint density at radius 2 is 1.95 bits per heavy atom. The van der Waals surface area contributed by atoms with Crippen LogP contribution in [0.15, 0.2) is 58.3 Å². The molecule has 0 atom stereocenters. The van der Waals surface area contributed by atoms with Crippen molar-refractivity contribution in [2.45, 2.75) is 4.90 Å². The van der Waals surface area contributed by atoms with Gasteiger partial charge in [0, 0.05) is 11.6 Å². The van der Waals surface area contributed by atoms with Gasteiger partial charge in [-0.15, -0.1) is 0 Å². The third-order valence-electron chi connectivity index (χ3n) is 2.65. The highest BCUT2D eigenvalue weighted by molar-refractivity contribution is 9.10. The van der Waals surface area contributed by atoms with Gasteiger partial charge in [-0.2, -0.15) is 17.6 Å². The van der Waals surface area contributed by atoms with Crippen LogP contribution in [0.3, 0.4) is 0 Å². The second-order valence-corrected chi connectivity index (χ2v) is 6.55. The van der Waals surface area contributed by atoms with Gasteiger partial charge in [-0.3, -0.25) is 4.98 Å². The second-order valence-electron chi connectivity index (χ2n) is 3.87. The summed E-state index contributed by atoms with van der Waals surface area (Å²) in [5.74, 6) is 0. The molecule has 5 nitrogen and oxygen atoms in total. The van der Waals surface area contributed by atoms with Crippen molar-refractivity contribution >= 4 is 36.9 Å². The summed E-state index contributed by atoms with van der Waals surface area (Å²) in [5.41, 5.74) is 0.441. The molecule has 0 aliphatic carbocycles. The van der Waals surface area contributed by atoms with E-state index in [-0.39, 0.29) is 4.90 Å². The molecular formula is C12H8BrN3O2S. The quantitative estimate of drug-likeness (QED) is 0.720. The Balaban J connectivity index is 2.30. The zero-order chi connectivity index (χ0) is 13.5. The van der Waals surface area contributed by atoms with E-state index in [1.54, 1.807) is 18.3 Å². The van der Waals surface area contributed by atoms with E-state index in [4.69, 9.17) is 0 Å². The molecule has 0 aliphatic heterocycles. The Morgan fingerprint density at radius 3 is 2.68 bits per heavy atom. The minimum absolute atomic E-state index is 0.140. The maximum Gasteiger partial charge on any atom is 0.285 e. The highest BCUT2D eigenvalue weighted by Crippen LogP contribution is 2.23. The number of nitrogens with zero attached hydrogens (tertiary/aromatic N) is 3. The first kappa shape index (κ1) is 12.3. The summed E-state index contributed by atoms with van der Waals surface area (Å²) in [6.45, 7) is 0. The smallest absolute Gasteiger partial charge is 0.255 e. The minimum atomic E-state index is -3.73. The summed E-state index contributed by atoms with van der Waals surface area (Å²) in [6.07, 6.45) is 4.40. The molecule has 0 spiro atoms. The monoisotopic (exact) mass is 337 g/mol. The number of rotatable bonds is 2. The van der Waals surface area contributed by atoms with Crippen LogP contribution in [0.4, 0.5) is 0 Å². The lowest BCUT2D eigenvalue weighted by Gasteiger charge is -2.06. The Bertz CT molecular complexity index is 853. The summed E-state index contributed by atoms with van der Waals surface area (Å²) < 4.78 is 26.5. The Labute approximate surface area is 118 Å². The molecule has 0 bridgehead atoms. The van der Waals surface area contributed by atoms with Crippen LogP contribution in [0.1, 0.15) is 0 Å². The molecule has 0 N–H and O–H groups in total. The van der Waals surface area contributed by atoms with Crippen molar-refractivity contribution in [3.63, 3.8) is 0 Å². The van der Waals surface area contributed by atoms with Crippen LogP contribution in [0.2, 0.25) is 0 Å². The molecule has 0 amide bonds. The molecule has 1 aromatic carbocycles. The van der Waals surface area contributed by atoms with Crippen molar-refractivity contribution in [1.82, 2.24) is 14.2 Å². The predicted octanol–water partition coefficient (Wildman–Crippen LogP) is 2.43. The summed E-state index contributed by atoms with van der Waals surface area (Å²) >= 11 is 3.18. The number of hydrogen-bond donors (Lipinski definition) is 0. The van der Waals surface area contributed by atoms with E-state index in [1.165, 1.54) is 18.5 Å². The van der Waals surface area contributed by atoms with Gasteiger partial charge in [0.1, 0.15) is 4.90 Å². The molecule has 96 valence electrons. The van der Waals surface area contributed by atoms with Gasteiger partial charge in [-0.25, -0.2) is 0 Å². The fourth-order valence-electron chi connectivity index (χ4n) is 1.80. The molecule has 2 aromatic heterocycles. The zero-order valence-corrected chi connectivity index (χ0v) is 12.0. The molecule has 0 radical (unpaired) electrons. The third kappa shape index (κ3) is 2.04. The van der Waals surface area contributed by atoms with Gasteiger partial charge < -0.3 is 0 Å². The van der Waals surface area contributed by atoms with Gasteiger partial charge in [0.2, 0.25) is 0 Å². The molecule has 2 heterocycles. The number of halogens is 1. The lowest BCUT2D eigenvalue weighted by Crippen LogP contribution is -2.14. The van der Waals surface area contributed by atoms with E-state index in [1.807, 2.05) is 12.1 Å². The first-order valence-corrected chi connectivity index (χ1v) is 7.62. The van der Waals surface area contributed by atoms with Gasteiger partial charge in [0.05, 0.1) is 22.4 Å². The van der Waals surface area contributed by atoms with Crippen molar-refractivity contribution in [2.24, 2.45) is 0 Å². The Kier molecular flexibility index (Phi) is 2.87. The van der Waals surface area contributed by atoms with E-state index in [0.717, 1.165) is 9.47 Å². The molecule has 0 aliphatic rings. The normalized spacial score (nSPS) is 11.8. The Hall–Kier alpha value is -1.73. The molecule has 0 fully saturated rings. The van der Waals surface area contributed by atoms with Crippen molar-refractivity contribution in [1.29, 1.82) is 0 Å². The van der Waals surface area contributed by atoms with Crippen molar-refractivity contribution in [3.8, 4) is 0 Å². The molecule has 0 saturated heterocycles. The van der Waals surface area contributed by atoms with Crippen molar-refractivity contribution < 1.29 is 8.42 Å². The largest absolute Gasteiger partial charge is 0.285 e.